The number of carbonyl (C=O) groups is 2. The Morgan fingerprint density at radius 3 is 2.41 bits per heavy atom. The molecule has 3 rings (SSSR count). The zero-order valence-corrected chi connectivity index (χ0v) is 19.9. The summed E-state index contributed by atoms with van der Waals surface area (Å²) in [5.74, 6) is 4.87. The third kappa shape index (κ3) is 5.99. The first-order valence-corrected chi connectivity index (χ1v) is 11.9. The zero-order chi connectivity index (χ0) is 24.9. The summed E-state index contributed by atoms with van der Waals surface area (Å²) in [5.41, 5.74) is 0.209. The van der Waals surface area contributed by atoms with Crippen LogP contribution in [-0.2, 0) is 19.6 Å². The molecule has 1 amide bonds. The van der Waals surface area contributed by atoms with Gasteiger partial charge in [-0.1, -0.05) is 30.0 Å². The van der Waals surface area contributed by atoms with Crippen LogP contribution in [0.3, 0.4) is 0 Å². The maximum Gasteiger partial charge on any atom is 0.408 e. The average molecular weight is 487 g/mol. The molecule has 1 aliphatic rings. The number of benzene rings is 2. The lowest BCUT2D eigenvalue weighted by Gasteiger charge is -2.24. The normalized spacial score (nSPS) is 16.1. The van der Waals surface area contributed by atoms with Crippen molar-refractivity contribution in [3.63, 3.8) is 0 Å². The van der Waals surface area contributed by atoms with Crippen molar-refractivity contribution in [1.82, 2.24) is 5.32 Å². The number of sulfonamides is 1. The number of carboxylic acid groups (broad SMARTS) is 1. The van der Waals surface area contributed by atoms with E-state index in [-0.39, 0.29) is 24.5 Å². The molecule has 0 fully saturated rings. The lowest BCUT2D eigenvalue weighted by atomic mass is 10.0. The van der Waals surface area contributed by atoms with Crippen LogP contribution in [0, 0.1) is 11.8 Å². The SMILES string of the molecule is CC(C)(C)OC(=O)NCC#CCOc1ccc(N2C(CC(=O)O)c3ccccc3S2(=O)=O)cc1. The molecule has 1 unspecified atom stereocenters. The van der Waals surface area contributed by atoms with Crippen molar-refractivity contribution in [2.24, 2.45) is 0 Å². The number of anilines is 1. The van der Waals surface area contributed by atoms with Crippen LogP contribution in [0.15, 0.2) is 53.4 Å². The molecule has 0 spiro atoms. The van der Waals surface area contributed by atoms with Gasteiger partial charge < -0.3 is 19.9 Å². The maximum atomic E-state index is 13.1. The van der Waals surface area contributed by atoms with Gasteiger partial charge >= 0.3 is 12.1 Å². The fraction of sp³-hybridized carbons (Fsp3) is 0.333. The first kappa shape index (κ1) is 24.9. The van der Waals surface area contributed by atoms with Crippen molar-refractivity contribution < 1.29 is 32.6 Å². The lowest BCUT2D eigenvalue weighted by Crippen LogP contribution is -2.32. The van der Waals surface area contributed by atoms with E-state index in [9.17, 15) is 23.1 Å². The number of alkyl carbamates (subject to hydrolysis) is 1. The Labute approximate surface area is 198 Å². The van der Waals surface area contributed by atoms with Gasteiger partial charge in [0.25, 0.3) is 10.0 Å². The molecule has 34 heavy (non-hydrogen) atoms. The molecule has 0 saturated heterocycles. The molecule has 2 N–H and O–H groups in total. The Morgan fingerprint density at radius 2 is 1.76 bits per heavy atom. The number of amides is 1. The fourth-order valence-corrected chi connectivity index (χ4v) is 5.31. The van der Waals surface area contributed by atoms with Gasteiger partial charge in [-0.2, -0.15) is 0 Å². The van der Waals surface area contributed by atoms with Crippen LogP contribution in [-0.4, -0.2) is 44.3 Å². The van der Waals surface area contributed by atoms with Gasteiger partial charge in [0, 0.05) is 0 Å². The molecule has 1 atom stereocenters. The van der Waals surface area contributed by atoms with Crippen LogP contribution in [0.25, 0.3) is 0 Å². The molecular weight excluding hydrogens is 460 g/mol. The third-order valence-electron chi connectivity index (χ3n) is 4.71. The van der Waals surface area contributed by atoms with Gasteiger partial charge in [-0.15, -0.1) is 0 Å². The number of ether oxygens (including phenoxy) is 2. The van der Waals surface area contributed by atoms with Gasteiger partial charge in [0.2, 0.25) is 0 Å². The summed E-state index contributed by atoms with van der Waals surface area (Å²) in [6.45, 7) is 5.46. The van der Waals surface area contributed by atoms with Gasteiger partial charge in [-0.05, 0) is 56.7 Å². The van der Waals surface area contributed by atoms with Crippen LogP contribution in [0.1, 0.15) is 38.8 Å². The molecule has 180 valence electrons. The van der Waals surface area contributed by atoms with Crippen molar-refractivity contribution in [2.45, 2.75) is 43.7 Å². The van der Waals surface area contributed by atoms with E-state index in [0.717, 1.165) is 4.31 Å². The Kier molecular flexibility index (Phi) is 7.37. The number of fused-ring (bicyclic) bond motifs is 1. The second-order valence-corrected chi connectivity index (χ2v) is 10.2. The summed E-state index contributed by atoms with van der Waals surface area (Å²) < 4.78 is 38.0. The van der Waals surface area contributed by atoms with Crippen LogP contribution in [0.2, 0.25) is 0 Å². The first-order chi connectivity index (χ1) is 16.0. The summed E-state index contributed by atoms with van der Waals surface area (Å²) in [6, 6.07) is 11.9. The van der Waals surface area contributed by atoms with Crippen molar-refractivity contribution in [3.8, 4) is 17.6 Å². The topological polar surface area (TPSA) is 122 Å². The smallest absolute Gasteiger partial charge is 0.408 e. The largest absolute Gasteiger partial charge is 0.481 e. The van der Waals surface area contributed by atoms with Gasteiger partial charge in [0.05, 0.1) is 29.6 Å². The van der Waals surface area contributed by atoms with Crippen molar-refractivity contribution in [1.29, 1.82) is 0 Å². The highest BCUT2D eigenvalue weighted by molar-refractivity contribution is 7.93. The number of carboxylic acids is 1. The predicted octanol–water partition coefficient (Wildman–Crippen LogP) is 3.32. The van der Waals surface area contributed by atoms with E-state index in [2.05, 4.69) is 17.2 Å². The minimum Gasteiger partial charge on any atom is -0.481 e. The number of nitrogens with one attached hydrogen (secondary N) is 1. The summed E-state index contributed by atoms with van der Waals surface area (Å²) in [5, 5.41) is 11.8. The quantitative estimate of drug-likeness (QED) is 0.601. The highest BCUT2D eigenvalue weighted by atomic mass is 32.2. The highest BCUT2D eigenvalue weighted by Crippen LogP contribution is 2.44. The summed E-state index contributed by atoms with van der Waals surface area (Å²) in [4.78, 5) is 23.1. The Bertz CT molecular complexity index is 1220. The second-order valence-electron chi connectivity index (χ2n) is 8.44. The Hall–Kier alpha value is -3.71. The lowest BCUT2D eigenvalue weighted by molar-refractivity contribution is -0.137. The number of carbonyl (C=O) groups excluding carboxylic acids is 1. The van der Waals surface area contributed by atoms with E-state index >= 15 is 0 Å². The maximum absolute atomic E-state index is 13.1. The van der Waals surface area contributed by atoms with E-state index in [1.807, 2.05) is 0 Å². The summed E-state index contributed by atoms with van der Waals surface area (Å²) in [6.07, 6.45) is -0.917. The zero-order valence-electron chi connectivity index (χ0n) is 19.1. The molecule has 1 aliphatic heterocycles. The molecule has 0 bridgehead atoms. The second kappa shape index (κ2) is 10.1. The molecule has 0 radical (unpaired) electrons. The highest BCUT2D eigenvalue weighted by Gasteiger charge is 2.43. The third-order valence-corrected chi connectivity index (χ3v) is 6.62. The van der Waals surface area contributed by atoms with Gasteiger partial charge in [-0.25, -0.2) is 13.2 Å². The van der Waals surface area contributed by atoms with E-state index in [1.54, 1.807) is 63.2 Å². The van der Waals surface area contributed by atoms with E-state index in [1.165, 1.54) is 6.07 Å². The van der Waals surface area contributed by atoms with Crippen LogP contribution in [0.4, 0.5) is 10.5 Å². The molecule has 9 nitrogen and oxygen atoms in total. The monoisotopic (exact) mass is 486 g/mol. The Morgan fingerprint density at radius 1 is 1.09 bits per heavy atom. The minimum atomic E-state index is -3.89. The van der Waals surface area contributed by atoms with E-state index in [4.69, 9.17) is 9.47 Å². The summed E-state index contributed by atoms with van der Waals surface area (Å²) >= 11 is 0. The number of nitrogens with zero attached hydrogens (tertiary/aromatic N) is 1. The molecule has 10 heteroatoms. The van der Waals surface area contributed by atoms with Gasteiger partial charge in [0.1, 0.15) is 18.0 Å². The molecule has 1 heterocycles. The molecule has 2 aromatic rings. The van der Waals surface area contributed by atoms with Crippen molar-refractivity contribution >= 4 is 27.8 Å². The standard InChI is InChI=1S/C24H26N2O7S/c1-24(2,3)33-23(29)25-14-6-7-15-32-18-12-10-17(11-13-18)26-20(16-22(27)28)19-8-4-5-9-21(19)34(26,30)31/h4-5,8-13,20H,14-16H2,1-3H3,(H,25,29)(H,27,28). The number of aliphatic carboxylic acids is 1. The first-order valence-electron chi connectivity index (χ1n) is 10.5. The van der Waals surface area contributed by atoms with Gasteiger partial charge in [0.15, 0.2) is 0 Å². The fourth-order valence-electron chi connectivity index (χ4n) is 3.42. The molecule has 2 aromatic carbocycles. The number of hydrogen-bond acceptors (Lipinski definition) is 6. The predicted molar refractivity (Wildman–Crippen MR) is 125 cm³/mol. The summed E-state index contributed by atoms with van der Waals surface area (Å²) in [7, 11) is -3.89. The van der Waals surface area contributed by atoms with Crippen LogP contribution < -0.4 is 14.4 Å². The van der Waals surface area contributed by atoms with Crippen molar-refractivity contribution in [3.05, 3.63) is 54.1 Å². The Balaban J connectivity index is 1.63. The minimum absolute atomic E-state index is 0.0600. The molecule has 0 saturated carbocycles. The van der Waals surface area contributed by atoms with Crippen LogP contribution in [0.5, 0.6) is 5.75 Å². The number of hydrogen-bond donors (Lipinski definition) is 2. The van der Waals surface area contributed by atoms with E-state index < -0.39 is 33.7 Å². The van der Waals surface area contributed by atoms with Gasteiger partial charge in [-0.3, -0.25) is 9.10 Å². The van der Waals surface area contributed by atoms with E-state index in [0.29, 0.717) is 17.0 Å². The molecular formula is C24H26N2O7S. The van der Waals surface area contributed by atoms with Crippen molar-refractivity contribution in [2.75, 3.05) is 17.5 Å². The average Bonchev–Trinajstić information content (AvgIpc) is 2.96. The molecule has 0 aromatic heterocycles. The molecule has 0 aliphatic carbocycles. The van der Waals surface area contributed by atoms with Crippen LogP contribution >= 0.6 is 0 Å². The number of rotatable bonds is 6.